The number of carbonyl (C=O) groups is 1. The molecule has 1 aromatic carbocycles. The van der Waals surface area contributed by atoms with Crippen LogP contribution in [-0.4, -0.2) is 17.6 Å². The van der Waals surface area contributed by atoms with E-state index in [-0.39, 0.29) is 5.91 Å². The lowest BCUT2D eigenvalue weighted by atomic mass is 9.85. The molecule has 1 amide bonds. The van der Waals surface area contributed by atoms with Gasteiger partial charge in [0.15, 0.2) is 11.6 Å². The molecule has 0 bridgehead atoms. The van der Waals surface area contributed by atoms with Crippen molar-refractivity contribution in [2.24, 2.45) is 11.1 Å². The zero-order chi connectivity index (χ0) is 13.2. The van der Waals surface area contributed by atoms with Crippen LogP contribution < -0.4 is 11.1 Å². The second-order valence-electron chi connectivity index (χ2n) is 4.81. The van der Waals surface area contributed by atoms with E-state index in [4.69, 9.17) is 10.8 Å². The second-order valence-corrected chi connectivity index (χ2v) is 4.81. The van der Waals surface area contributed by atoms with Crippen LogP contribution in [0.3, 0.4) is 0 Å². The van der Waals surface area contributed by atoms with Gasteiger partial charge >= 0.3 is 0 Å². The second kappa shape index (κ2) is 4.94. The van der Waals surface area contributed by atoms with E-state index in [1.54, 1.807) is 0 Å². The predicted molar refractivity (Wildman–Crippen MR) is 66.6 cm³/mol. The minimum absolute atomic E-state index is 0.160. The summed E-state index contributed by atoms with van der Waals surface area (Å²) in [5.41, 5.74) is 5.53. The van der Waals surface area contributed by atoms with E-state index in [1.807, 2.05) is 0 Å². The molecule has 0 aliphatic heterocycles. The maximum absolute atomic E-state index is 13.2. The molecule has 0 spiro atoms. The van der Waals surface area contributed by atoms with Crippen molar-refractivity contribution < 1.29 is 14.3 Å². The number of rotatable bonds is 3. The van der Waals surface area contributed by atoms with Crippen LogP contribution in [0.2, 0.25) is 0 Å². The summed E-state index contributed by atoms with van der Waals surface area (Å²) in [5, 5.41) is 11.8. The molecule has 2 rings (SSSR count). The fourth-order valence-corrected chi connectivity index (χ4v) is 2.42. The molecular formula is C13H17FN2O2. The number of carbonyl (C=O) groups excluding carboxylic acids is 1. The van der Waals surface area contributed by atoms with Crippen LogP contribution in [0.1, 0.15) is 25.7 Å². The summed E-state index contributed by atoms with van der Waals surface area (Å²) in [5.74, 6) is -1.34. The predicted octanol–water partition coefficient (Wildman–Crippen LogP) is 1.99. The van der Waals surface area contributed by atoms with E-state index in [0.29, 0.717) is 12.2 Å². The highest BCUT2D eigenvalue weighted by atomic mass is 19.1. The van der Waals surface area contributed by atoms with Crippen LogP contribution in [0.5, 0.6) is 5.75 Å². The lowest BCUT2D eigenvalue weighted by Gasteiger charge is -2.25. The van der Waals surface area contributed by atoms with Crippen molar-refractivity contribution in [2.75, 3.05) is 11.9 Å². The van der Waals surface area contributed by atoms with Gasteiger partial charge in [0.1, 0.15) is 0 Å². The van der Waals surface area contributed by atoms with Gasteiger partial charge in [0.2, 0.25) is 5.91 Å². The van der Waals surface area contributed by atoms with Gasteiger partial charge in [0.05, 0.1) is 5.41 Å². The van der Waals surface area contributed by atoms with Gasteiger partial charge in [0, 0.05) is 18.3 Å². The van der Waals surface area contributed by atoms with Crippen LogP contribution in [0.25, 0.3) is 0 Å². The Bertz CT molecular complexity index is 456. The van der Waals surface area contributed by atoms with Crippen LogP contribution in [0, 0.1) is 11.2 Å². The average Bonchev–Trinajstić information content (AvgIpc) is 2.84. The molecule has 18 heavy (non-hydrogen) atoms. The number of halogens is 1. The highest BCUT2D eigenvalue weighted by molar-refractivity contribution is 5.95. The van der Waals surface area contributed by atoms with Crippen molar-refractivity contribution in [2.45, 2.75) is 25.7 Å². The molecular weight excluding hydrogens is 235 g/mol. The molecule has 0 saturated heterocycles. The van der Waals surface area contributed by atoms with Crippen molar-refractivity contribution in [3.05, 3.63) is 24.0 Å². The normalized spacial score (nSPS) is 17.7. The van der Waals surface area contributed by atoms with E-state index in [1.165, 1.54) is 12.1 Å². The van der Waals surface area contributed by atoms with Crippen LogP contribution in [0.15, 0.2) is 18.2 Å². The highest BCUT2D eigenvalue weighted by Gasteiger charge is 2.39. The van der Waals surface area contributed by atoms with Crippen LogP contribution in [-0.2, 0) is 4.79 Å². The lowest BCUT2D eigenvalue weighted by molar-refractivity contribution is -0.124. The Balaban J connectivity index is 2.13. The Morgan fingerprint density at radius 2 is 2.11 bits per heavy atom. The molecule has 1 aromatic rings. The van der Waals surface area contributed by atoms with Gasteiger partial charge in [0.25, 0.3) is 0 Å². The standard InChI is InChI=1S/C13H17FN2O2/c14-10-7-9(3-4-11(10)17)16-12(18)13(8-15)5-1-2-6-13/h3-4,7,17H,1-2,5-6,8,15H2,(H,16,18). The smallest absolute Gasteiger partial charge is 0.231 e. The van der Waals surface area contributed by atoms with Gasteiger partial charge in [-0.15, -0.1) is 0 Å². The topological polar surface area (TPSA) is 75.4 Å². The van der Waals surface area contributed by atoms with Crippen molar-refractivity contribution in [1.82, 2.24) is 0 Å². The molecule has 98 valence electrons. The first-order valence-corrected chi connectivity index (χ1v) is 6.07. The Hall–Kier alpha value is -1.62. The number of phenols is 1. The number of benzene rings is 1. The van der Waals surface area contributed by atoms with Crippen molar-refractivity contribution in [3.63, 3.8) is 0 Å². The number of nitrogens with one attached hydrogen (secondary N) is 1. The molecule has 0 unspecified atom stereocenters. The number of phenolic OH excluding ortho intramolecular Hbond substituents is 1. The summed E-state index contributed by atoms with van der Waals surface area (Å²) in [6, 6.07) is 3.79. The first kappa shape index (κ1) is 12.8. The third kappa shape index (κ3) is 2.31. The van der Waals surface area contributed by atoms with Crippen molar-refractivity contribution in [3.8, 4) is 5.75 Å². The molecule has 4 nitrogen and oxygen atoms in total. The highest BCUT2D eigenvalue weighted by Crippen LogP contribution is 2.38. The molecule has 0 radical (unpaired) electrons. The maximum atomic E-state index is 13.2. The summed E-state index contributed by atoms with van der Waals surface area (Å²) in [4.78, 5) is 12.2. The molecule has 1 aliphatic rings. The minimum Gasteiger partial charge on any atom is -0.505 e. The van der Waals surface area contributed by atoms with E-state index >= 15 is 0 Å². The monoisotopic (exact) mass is 252 g/mol. The largest absolute Gasteiger partial charge is 0.505 e. The molecule has 1 aliphatic carbocycles. The summed E-state index contributed by atoms with van der Waals surface area (Å²) in [6.07, 6.45) is 3.54. The summed E-state index contributed by atoms with van der Waals surface area (Å²) in [7, 11) is 0. The van der Waals surface area contributed by atoms with Crippen molar-refractivity contribution >= 4 is 11.6 Å². The number of amides is 1. The molecule has 0 aromatic heterocycles. The SMILES string of the molecule is NCC1(C(=O)Nc2ccc(O)c(F)c2)CCCC1. The number of anilines is 1. The Morgan fingerprint density at radius 1 is 1.44 bits per heavy atom. The minimum atomic E-state index is -0.749. The zero-order valence-corrected chi connectivity index (χ0v) is 10.1. The van der Waals surface area contributed by atoms with Gasteiger partial charge in [-0.1, -0.05) is 12.8 Å². The average molecular weight is 252 g/mol. The first-order chi connectivity index (χ1) is 8.57. The van der Waals surface area contributed by atoms with Gasteiger partial charge in [-0.25, -0.2) is 4.39 Å². The number of hydrogen-bond donors (Lipinski definition) is 3. The third-order valence-corrected chi connectivity index (χ3v) is 3.64. The molecule has 4 N–H and O–H groups in total. The fraction of sp³-hybridized carbons (Fsp3) is 0.462. The number of aromatic hydroxyl groups is 1. The summed E-state index contributed by atoms with van der Waals surface area (Å²) in [6.45, 7) is 0.305. The molecule has 0 atom stereocenters. The Labute approximate surface area is 105 Å². The van der Waals surface area contributed by atoms with Gasteiger partial charge in [-0.3, -0.25) is 4.79 Å². The van der Waals surface area contributed by atoms with Gasteiger partial charge in [-0.2, -0.15) is 0 Å². The van der Waals surface area contributed by atoms with E-state index in [9.17, 15) is 9.18 Å². The van der Waals surface area contributed by atoms with Crippen LogP contribution >= 0.6 is 0 Å². The third-order valence-electron chi connectivity index (χ3n) is 3.64. The summed E-state index contributed by atoms with van der Waals surface area (Å²) < 4.78 is 13.2. The van der Waals surface area contributed by atoms with E-state index < -0.39 is 17.0 Å². The quantitative estimate of drug-likeness (QED) is 0.720. The van der Waals surface area contributed by atoms with Gasteiger partial charge in [-0.05, 0) is 25.0 Å². The lowest BCUT2D eigenvalue weighted by Crippen LogP contribution is -2.40. The summed E-state index contributed by atoms with van der Waals surface area (Å²) >= 11 is 0. The first-order valence-electron chi connectivity index (χ1n) is 6.07. The molecule has 0 heterocycles. The fourth-order valence-electron chi connectivity index (χ4n) is 2.42. The molecule has 1 fully saturated rings. The number of nitrogens with two attached hydrogens (primary N) is 1. The maximum Gasteiger partial charge on any atom is 0.231 e. The zero-order valence-electron chi connectivity index (χ0n) is 10.1. The Kier molecular flexibility index (Phi) is 3.52. The Morgan fingerprint density at radius 3 is 2.67 bits per heavy atom. The molecule has 1 saturated carbocycles. The van der Waals surface area contributed by atoms with E-state index in [0.717, 1.165) is 31.7 Å². The molecule has 5 heteroatoms. The number of hydrogen-bond acceptors (Lipinski definition) is 3. The van der Waals surface area contributed by atoms with Crippen molar-refractivity contribution in [1.29, 1.82) is 0 Å². The van der Waals surface area contributed by atoms with Crippen LogP contribution in [0.4, 0.5) is 10.1 Å². The van der Waals surface area contributed by atoms with E-state index in [2.05, 4.69) is 5.32 Å². The van der Waals surface area contributed by atoms with Gasteiger partial charge < -0.3 is 16.2 Å².